The van der Waals surface area contributed by atoms with Crippen LogP contribution in [0.5, 0.6) is 0 Å². The normalized spacial score (nSPS) is 26.1. The lowest BCUT2D eigenvalue weighted by Gasteiger charge is -2.45. The highest BCUT2D eigenvalue weighted by molar-refractivity contribution is 7.98. The van der Waals surface area contributed by atoms with E-state index in [2.05, 4.69) is 40.4 Å². The number of aromatic amines is 1. The molecular weight excluding hydrogens is 320 g/mol. The highest BCUT2D eigenvalue weighted by atomic mass is 32.2. The second-order valence-corrected chi connectivity index (χ2v) is 7.74. The molecule has 2 heterocycles. The van der Waals surface area contributed by atoms with Crippen molar-refractivity contribution in [1.82, 2.24) is 9.88 Å². The molecule has 1 aliphatic carbocycles. The van der Waals surface area contributed by atoms with Crippen molar-refractivity contribution in [1.29, 1.82) is 0 Å². The van der Waals surface area contributed by atoms with Crippen LogP contribution in [0.25, 0.3) is 10.9 Å². The monoisotopic (exact) mass is 344 g/mol. The zero-order valence-electron chi connectivity index (χ0n) is 14.3. The van der Waals surface area contributed by atoms with E-state index in [0.29, 0.717) is 6.54 Å². The van der Waals surface area contributed by atoms with Gasteiger partial charge < -0.3 is 15.2 Å². The molecule has 0 saturated carbocycles. The maximum absolute atomic E-state index is 10.3. The van der Waals surface area contributed by atoms with E-state index in [0.717, 1.165) is 12.0 Å². The Morgan fingerprint density at radius 3 is 2.75 bits per heavy atom. The van der Waals surface area contributed by atoms with E-state index in [1.165, 1.54) is 27.1 Å². The van der Waals surface area contributed by atoms with Crippen LogP contribution in [0.4, 0.5) is 0 Å². The van der Waals surface area contributed by atoms with Gasteiger partial charge >= 0.3 is 0 Å². The molecule has 24 heavy (non-hydrogen) atoms. The largest absolute Gasteiger partial charge is 0.389 e. The molecule has 0 fully saturated rings. The van der Waals surface area contributed by atoms with Crippen molar-refractivity contribution in [2.45, 2.75) is 49.6 Å². The van der Waals surface area contributed by atoms with Gasteiger partial charge in [-0.2, -0.15) is 0 Å². The molecule has 0 bridgehead atoms. The van der Waals surface area contributed by atoms with E-state index in [4.69, 9.17) is 0 Å². The quantitative estimate of drug-likeness (QED) is 0.592. The molecule has 4 nitrogen and oxygen atoms in total. The molecular formula is C19H24N2O2S. The number of thioether (sulfide) groups is 1. The van der Waals surface area contributed by atoms with Gasteiger partial charge in [-0.3, -0.25) is 4.90 Å². The number of rotatable bonds is 3. The van der Waals surface area contributed by atoms with Gasteiger partial charge in [0.15, 0.2) is 0 Å². The number of aliphatic hydroxyl groups is 2. The molecule has 3 N–H and O–H groups in total. The number of aliphatic hydroxyl groups excluding tert-OH is 2. The molecule has 1 aromatic heterocycles. The molecule has 4 atom stereocenters. The van der Waals surface area contributed by atoms with E-state index in [1.807, 2.05) is 13.8 Å². The van der Waals surface area contributed by atoms with Gasteiger partial charge in [-0.1, -0.05) is 18.2 Å². The first-order valence-electron chi connectivity index (χ1n) is 8.51. The smallest absolute Gasteiger partial charge is 0.105 e. The Labute approximate surface area is 146 Å². The van der Waals surface area contributed by atoms with Gasteiger partial charge in [0.05, 0.1) is 11.1 Å². The van der Waals surface area contributed by atoms with Crippen molar-refractivity contribution in [2.24, 2.45) is 0 Å². The lowest BCUT2D eigenvalue weighted by Crippen LogP contribution is -2.51. The van der Waals surface area contributed by atoms with Gasteiger partial charge in [0.2, 0.25) is 0 Å². The van der Waals surface area contributed by atoms with E-state index >= 15 is 0 Å². The maximum Gasteiger partial charge on any atom is 0.105 e. The zero-order valence-corrected chi connectivity index (χ0v) is 15.1. The summed E-state index contributed by atoms with van der Waals surface area (Å²) in [6.45, 7) is 4.26. The number of H-pyrrole nitrogens is 1. The minimum absolute atomic E-state index is 0.208. The van der Waals surface area contributed by atoms with Gasteiger partial charge in [-0.25, -0.2) is 0 Å². The molecule has 0 radical (unpaired) electrons. The van der Waals surface area contributed by atoms with Gasteiger partial charge in [-0.05, 0) is 49.3 Å². The summed E-state index contributed by atoms with van der Waals surface area (Å²) in [4.78, 5) is 5.68. The second-order valence-electron chi connectivity index (χ2n) is 6.93. The van der Waals surface area contributed by atoms with Gasteiger partial charge in [-0.15, -0.1) is 11.8 Å². The van der Waals surface area contributed by atoms with Crippen LogP contribution in [0.1, 0.15) is 30.9 Å². The van der Waals surface area contributed by atoms with E-state index in [9.17, 15) is 10.2 Å². The minimum Gasteiger partial charge on any atom is -0.389 e. The van der Waals surface area contributed by atoms with Crippen LogP contribution in [-0.4, -0.2) is 51.3 Å². The van der Waals surface area contributed by atoms with Gasteiger partial charge in [0, 0.05) is 29.4 Å². The molecule has 2 aromatic rings. The van der Waals surface area contributed by atoms with Crippen LogP contribution in [-0.2, 0) is 6.42 Å². The third-order valence-electron chi connectivity index (χ3n) is 5.51. The standard InChI is InChI=1S/C19H24N2O2S/c1-10(22)12-7-14-13-5-4-6-16-18(13)15(19(20-16)24-3)8-17(14)21(9-12)11(2)23/h4-7,10-11,14,17,20,22-23H,8-9H2,1-3H3/t10?,11?,14-,17-/m1/s1. The highest BCUT2D eigenvalue weighted by Gasteiger charge is 2.40. The molecule has 1 aromatic carbocycles. The van der Waals surface area contributed by atoms with E-state index in [1.54, 1.807) is 11.8 Å². The predicted molar refractivity (Wildman–Crippen MR) is 98.5 cm³/mol. The summed E-state index contributed by atoms with van der Waals surface area (Å²) in [6, 6.07) is 6.66. The predicted octanol–water partition coefficient (Wildman–Crippen LogP) is 2.86. The highest BCUT2D eigenvalue weighted by Crippen LogP contribution is 2.45. The summed E-state index contributed by atoms with van der Waals surface area (Å²) in [5, 5.41) is 23.0. The third-order valence-corrected chi connectivity index (χ3v) is 6.27. The zero-order chi connectivity index (χ0) is 17.0. The molecule has 0 spiro atoms. The Hall–Kier alpha value is -1.27. The van der Waals surface area contributed by atoms with Crippen molar-refractivity contribution in [3.8, 4) is 0 Å². The van der Waals surface area contributed by atoms with Crippen molar-refractivity contribution in [2.75, 3.05) is 12.8 Å². The Kier molecular flexibility index (Phi) is 4.00. The lowest BCUT2D eigenvalue weighted by atomic mass is 9.76. The number of nitrogens with zero attached hydrogens (tertiary/aromatic N) is 1. The van der Waals surface area contributed by atoms with Crippen LogP contribution < -0.4 is 0 Å². The summed E-state index contributed by atoms with van der Waals surface area (Å²) < 4.78 is 0. The first kappa shape index (κ1) is 16.2. The summed E-state index contributed by atoms with van der Waals surface area (Å²) in [5.74, 6) is 0.208. The number of hydrogen-bond acceptors (Lipinski definition) is 4. The Morgan fingerprint density at radius 2 is 2.08 bits per heavy atom. The first-order valence-corrected chi connectivity index (χ1v) is 9.73. The van der Waals surface area contributed by atoms with E-state index in [-0.39, 0.29) is 12.0 Å². The van der Waals surface area contributed by atoms with Crippen molar-refractivity contribution < 1.29 is 10.2 Å². The van der Waals surface area contributed by atoms with Crippen LogP contribution in [0.2, 0.25) is 0 Å². The summed E-state index contributed by atoms with van der Waals surface area (Å²) in [6.07, 6.45) is 4.24. The second kappa shape index (κ2) is 5.92. The fourth-order valence-electron chi connectivity index (χ4n) is 4.33. The van der Waals surface area contributed by atoms with Crippen molar-refractivity contribution >= 4 is 22.7 Å². The molecule has 1 aliphatic heterocycles. The van der Waals surface area contributed by atoms with Crippen molar-refractivity contribution in [3.05, 3.63) is 41.0 Å². The molecule has 2 aliphatic rings. The summed E-state index contributed by atoms with van der Waals surface area (Å²) in [5.41, 5.74) is 4.86. The molecule has 128 valence electrons. The van der Waals surface area contributed by atoms with Gasteiger partial charge in [0.25, 0.3) is 0 Å². The molecule has 5 heteroatoms. The average Bonchev–Trinajstić information content (AvgIpc) is 2.93. The molecule has 0 amide bonds. The molecule has 2 unspecified atom stereocenters. The molecule has 4 rings (SSSR count). The maximum atomic E-state index is 10.3. The Morgan fingerprint density at radius 1 is 1.29 bits per heavy atom. The number of hydrogen-bond donors (Lipinski definition) is 3. The molecule has 0 saturated heterocycles. The van der Waals surface area contributed by atoms with Crippen LogP contribution >= 0.6 is 11.8 Å². The Balaban J connectivity index is 1.93. The lowest BCUT2D eigenvalue weighted by molar-refractivity contribution is -0.0180. The summed E-state index contributed by atoms with van der Waals surface area (Å²) in [7, 11) is 0. The third kappa shape index (κ3) is 2.34. The number of benzene rings is 1. The summed E-state index contributed by atoms with van der Waals surface area (Å²) >= 11 is 1.75. The number of aromatic nitrogens is 1. The van der Waals surface area contributed by atoms with E-state index < -0.39 is 12.3 Å². The Bertz CT molecular complexity index is 809. The van der Waals surface area contributed by atoms with Crippen molar-refractivity contribution in [3.63, 3.8) is 0 Å². The van der Waals surface area contributed by atoms with Crippen LogP contribution in [0.15, 0.2) is 34.9 Å². The van der Waals surface area contributed by atoms with Gasteiger partial charge in [0.1, 0.15) is 6.23 Å². The minimum atomic E-state index is -0.530. The average molecular weight is 344 g/mol. The van der Waals surface area contributed by atoms with Crippen LogP contribution in [0.3, 0.4) is 0 Å². The number of nitrogens with one attached hydrogen (secondary N) is 1. The number of fused-ring (bicyclic) bond motifs is 2. The SMILES string of the molecule is CSc1[nH]c2cccc3c2c1C[C@@H]1[C@@H]3C=C(C(C)O)CN1C(C)O. The fourth-order valence-corrected chi connectivity index (χ4v) is 4.97. The first-order chi connectivity index (χ1) is 11.5. The topological polar surface area (TPSA) is 59.5 Å². The fraction of sp³-hybridized carbons (Fsp3) is 0.474. The van der Waals surface area contributed by atoms with Crippen LogP contribution in [0, 0.1) is 0 Å².